The molecule has 1 saturated heterocycles. The Balaban J connectivity index is 1.46. The smallest absolute Gasteiger partial charge is 0.352 e. The summed E-state index contributed by atoms with van der Waals surface area (Å²) in [6.07, 6.45) is -0.183. The van der Waals surface area contributed by atoms with Crippen molar-refractivity contribution in [1.82, 2.24) is 39.8 Å². The standard InChI is InChI=1S/C17H18N10O7S3/c1-34-22-8(11-20-16(18)37-23-11)12(30)19-9-13(31)27-10(15(32)33)6(4-35-14(9)27)5-36-17-21-24-25-26(17)3-2-7(28)29/h9,14H,2-5H2,1H3,(H,19,30)(H,28,29)(H,32,33)(H2,18,20,23)/t9?,14-/m1/s1. The molecule has 0 saturated carbocycles. The van der Waals surface area contributed by atoms with Gasteiger partial charge in [0.2, 0.25) is 16.7 Å². The zero-order chi connectivity index (χ0) is 26.7. The molecular formula is C17H18N10O7S3. The van der Waals surface area contributed by atoms with Crippen LogP contribution in [-0.4, -0.2) is 104 Å². The van der Waals surface area contributed by atoms with Crippen molar-refractivity contribution in [3.05, 3.63) is 17.1 Å². The average Bonchev–Trinajstić information content (AvgIpc) is 3.50. The third-order valence-electron chi connectivity index (χ3n) is 5.00. The molecule has 2 aromatic heterocycles. The van der Waals surface area contributed by atoms with Crippen LogP contribution in [0.4, 0.5) is 5.13 Å². The topological polar surface area (TPSA) is 241 Å². The van der Waals surface area contributed by atoms with Crippen molar-refractivity contribution in [1.29, 1.82) is 0 Å². The predicted octanol–water partition coefficient (Wildman–Crippen LogP) is -1.54. The molecule has 20 heteroatoms. The molecule has 37 heavy (non-hydrogen) atoms. The van der Waals surface area contributed by atoms with Gasteiger partial charge in [-0.15, -0.1) is 16.9 Å². The Kier molecular flexibility index (Phi) is 7.88. The van der Waals surface area contributed by atoms with Crippen LogP contribution in [-0.2, 0) is 30.6 Å². The number of tetrazole rings is 1. The van der Waals surface area contributed by atoms with Gasteiger partial charge in [0.1, 0.15) is 24.2 Å². The summed E-state index contributed by atoms with van der Waals surface area (Å²) in [6, 6.07) is -1.01. The quantitative estimate of drug-likeness (QED) is 0.104. The lowest BCUT2D eigenvalue weighted by atomic mass is 10.0. The Morgan fingerprint density at radius 3 is 2.78 bits per heavy atom. The number of thioether (sulfide) groups is 2. The number of aromatic nitrogens is 6. The Morgan fingerprint density at radius 2 is 2.14 bits per heavy atom. The van der Waals surface area contributed by atoms with E-state index in [4.69, 9.17) is 10.8 Å². The molecule has 0 spiro atoms. The number of oxime groups is 1. The lowest BCUT2D eigenvalue weighted by Crippen LogP contribution is -2.71. The van der Waals surface area contributed by atoms with Crippen molar-refractivity contribution >= 4 is 69.7 Å². The third kappa shape index (κ3) is 5.49. The van der Waals surface area contributed by atoms with Crippen molar-refractivity contribution in [2.45, 2.75) is 29.5 Å². The first-order chi connectivity index (χ1) is 17.7. The van der Waals surface area contributed by atoms with E-state index < -0.39 is 35.2 Å². The van der Waals surface area contributed by atoms with E-state index >= 15 is 0 Å². The van der Waals surface area contributed by atoms with Crippen LogP contribution in [0.1, 0.15) is 12.2 Å². The van der Waals surface area contributed by atoms with Crippen LogP contribution >= 0.6 is 35.1 Å². The van der Waals surface area contributed by atoms with Crippen molar-refractivity contribution in [3.8, 4) is 0 Å². The second kappa shape index (κ2) is 11.1. The molecule has 0 aromatic carbocycles. The number of carboxylic acids is 2. The summed E-state index contributed by atoms with van der Waals surface area (Å²) in [5.74, 6) is -3.37. The van der Waals surface area contributed by atoms with Crippen molar-refractivity contribution in [3.63, 3.8) is 0 Å². The van der Waals surface area contributed by atoms with Crippen LogP contribution in [0, 0.1) is 0 Å². The van der Waals surface area contributed by atoms with Crippen LogP contribution in [0.3, 0.4) is 0 Å². The molecule has 0 aliphatic carbocycles. The molecule has 2 aliphatic rings. The molecule has 17 nitrogen and oxygen atoms in total. The Morgan fingerprint density at radius 1 is 1.35 bits per heavy atom. The summed E-state index contributed by atoms with van der Waals surface area (Å²) in [5.41, 5.74) is 5.55. The first-order valence-corrected chi connectivity index (χ1v) is 13.0. The minimum Gasteiger partial charge on any atom is -0.481 e. The molecule has 2 atom stereocenters. The fourth-order valence-corrected chi connectivity index (χ4v) is 6.23. The number of hydrogen-bond acceptors (Lipinski definition) is 15. The number of β-lactam (4-membered cyclic amide) rings is 1. The Bertz CT molecular complexity index is 1310. The molecule has 0 bridgehead atoms. The number of aliphatic carboxylic acids is 2. The van der Waals surface area contributed by atoms with E-state index in [1.54, 1.807) is 0 Å². The monoisotopic (exact) mass is 570 g/mol. The molecule has 2 aliphatic heterocycles. The van der Waals surface area contributed by atoms with Gasteiger partial charge < -0.3 is 26.1 Å². The molecule has 196 valence electrons. The van der Waals surface area contributed by atoms with Crippen molar-refractivity contribution in [2.24, 2.45) is 5.16 Å². The van der Waals surface area contributed by atoms with Gasteiger partial charge >= 0.3 is 11.9 Å². The zero-order valence-corrected chi connectivity index (χ0v) is 21.2. The summed E-state index contributed by atoms with van der Waals surface area (Å²) in [5, 5.41) is 35.7. The predicted molar refractivity (Wildman–Crippen MR) is 128 cm³/mol. The van der Waals surface area contributed by atoms with Crippen LogP contribution in [0.25, 0.3) is 0 Å². The number of nitrogen functional groups attached to an aromatic ring is 1. The van der Waals surface area contributed by atoms with Gasteiger partial charge in [-0.25, -0.2) is 9.48 Å². The summed E-state index contributed by atoms with van der Waals surface area (Å²) in [4.78, 5) is 58.3. The lowest BCUT2D eigenvalue weighted by molar-refractivity contribution is -0.150. The maximum Gasteiger partial charge on any atom is 0.352 e. The van der Waals surface area contributed by atoms with Gasteiger partial charge in [0.25, 0.3) is 11.8 Å². The number of nitrogens with two attached hydrogens (primary N) is 1. The van der Waals surface area contributed by atoms with E-state index in [9.17, 15) is 24.3 Å². The number of rotatable bonds is 11. The largest absolute Gasteiger partial charge is 0.481 e. The average molecular weight is 571 g/mol. The second-order valence-electron chi connectivity index (χ2n) is 7.31. The number of carbonyl (C=O) groups is 4. The molecule has 0 radical (unpaired) electrons. The number of amides is 2. The number of carboxylic acid groups (broad SMARTS) is 2. The number of nitrogens with one attached hydrogen (secondary N) is 1. The minimum atomic E-state index is -1.30. The Hall–Kier alpha value is -3.78. The summed E-state index contributed by atoms with van der Waals surface area (Å²) in [6.45, 7) is 0.0513. The van der Waals surface area contributed by atoms with Gasteiger partial charge in [0.05, 0.1) is 13.0 Å². The zero-order valence-electron chi connectivity index (χ0n) is 18.8. The van der Waals surface area contributed by atoms with Gasteiger partial charge in [-0.2, -0.15) is 9.36 Å². The van der Waals surface area contributed by atoms with Crippen molar-refractivity contribution in [2.75, 3.05) is 24.3 Å². The van der Waals surface area contributed by atoms with Crippen LogP contribution in [0.2, 0.25) is 0 Å². The number of aryl methyl sites for hydroxylation is 1. The van der Waals surface area contributed by atoms with Gasteiger partial charge in [0.15, 0.2) is 5.13 Å². The van der Waals surface area contributed by atoms with Crippen LogP contribution < -0.4 is 11.1 Å². The van der Waals surface area contributed by atoms with E-state index in [0.717, 1.165) is 28.2 Å². The summed E-state index contributed by atoms with van der Waals surface area (Å²) < 4.78 is 5.23. The fourth-order valence-electron chi connectivity index (χ4n) is 3.40. The Labute approximate surface area is 219 Å². The van der Waals surface area contributed by atoms with Crippen molar-refractivity contribution < 1.29 is 34.2 Å². The first kappa shape index (κ1) is 26.3. The van der Waals surface area contributed by atoms with Crippen LogP contribution in [0.15, 0.2) is 21.6 Å². The van der Waals surface area contributed by atoms with E-state index in [1.807, 2.05) is 0 Å². The number of carbonyl (C=O) groups excluding carboxylic acids is 2. The number of anilines is 1. The lowest BCUT2D eigenvalue weighted by Gasteiger charge is -2.49. The third-order valence-corrected chi connectivity index (χ3v) is 7.93. The molecular weight excluding hydrogens is 552 g/mol. The molecule has 4 heterocycles. The molecule has 1 fully saturated rings. The second-order valence-corrected chi connectivity index (χ2v) is 10.1. The maximum atomic E-state index is 12.9. The SMILES string of the molecule is CON=C(C(=O)NC1C(=O)N2C(C(=O)O)=C(CSc3nnnn3CCC(=O)O)CS[C@H]12)c1nsc(N)n1. The molecule has 2 aromatic rings. The molecule has 5 N–H and O–H groups in total. The highest BCUT2D eigenvalue weighted by molar-refractivity contribution is 8.01. The highest BCUT2D eigenvalue weighted by Crippen LogP contribution is 2.41. The number of fused-ring (bicyclic) bond motifs is 1. The maximum absolute atomic E-state index is 12.9. The molecule has 4 rings (SSSR count). The van der Waals surface area contributed by atoms with Gasteiger partial charge in [-0.3, -0.25) is 19.3 Å². The molecule has 2 amide bonds. The molecule has 1 unspecified atom stereocenters. The van der Waals surface area contributed by atoms with Gasteiger partial charge in [-0.1, -0.05) is 16.9 Å². The van der Waals surface area contributed by atoms with E-state index in [0.29, 0.717) is 10.7 Å². The number of nitrogens with zero attached hydrogens (tertiary/aromatic N) is 8. The van der Waals surface area contributed by atoms with Crippen LogP contribution in [0.5, 0.6) is 0 Å². The number of hydrogen-bond donors (Lipinski definition) is 4. The minimum absolute atomic E-state index is 0.0513. The highest BCUT2D eigenvalue weighted by Gasteiger charge is 2.54. The van der Waals surface area contributed by atoms with E-state index in [1.165, 1.54) is 23.6 Å². The fraction of sp³-hybridized carbons (Fsp3) is 0.412. The summed E-state index contributed by atoms with van der Waals surface area (Å²) >= 11 is 3.25. The highest BCUT2D eigenvalue weighted by atomic mass is 32.2. The summed E-state index contributed by atoms with van der Waals surface area (Å²) in [7, 11) is 1.23. The van der Waals surface area contributed by atoms with Gasteiger partial charge in [0, 0.05) is 23.0 Å². The van der Waals surface area contributed by atoms with E-state index in [-0.39, 0.29) is 46.8 Å². The first-order valence-electron chi connectivity index (χ1n) is 10.2. The van der Waals surface area contributed by atoms with Gasteiger partial charge in [-0.05, 0) is 16.0 Å². The van der Waals surface area contributed by atoms with E-state index in [2.05, 4.69) is 40.2 Å². The normalized spacial score (nSPS) is 19.3.